The fourth-order valence-electron chi connectivity index (χ4n) is 2.03. The summed E-state index contributed by atoms with van der Waals surface area (Å²) in [4.78, 5) is 0. The van der Waals surface area contributed by atoms with Gasteiger partial charge >= 0.3 is 0 Å². The Kier molecular flexibility index (Phi) is 5.73. The maximum Gasteiger partial charge on any atom is 0.150 e. The number of nitrogens with one attached hydrogen (secondary N) is 1. The summed E-state index contributed by atoms with van der Waals surface area (Å²) in [5.74, 6) is -1.09. The maximum atomic E-state index is 14.2. The van der Waals surface area contributed by atoms with Crippen molar-refractivity contribution in [2.45, 2.75) is 19.9 Å². The van der Waals surface area contributed by atoms with E-state index in [1.807, 2.05) is 0 Å². The minimum atomic E-state index is -0.622. The smallest absolute Gasteiger partial charge is 0.150 e. The van der Waals surface area contributed by atoms with Crippen LogP contribution in [0.1, 0.15) is 18.9 Å². The van der Waals surface area contributed by atoms with E-state index in [2.05, 4.69) is 28.2 Å². The van der Waals surface area contributed by atoms with Crippen LogP contribution in [0.3, 0.4) is 0 Å². The Labute approximate surface area is 136 Å². The molecule has 0 atom stereocenters. The molecule has 0 unspecified atom stereocenters. The van der Waals surface area contributed by atoms with E-state index in [0.717, 1.165) is 18.5 Å². The van der Waals surface area contributed by atoms with Gasteiger partial charge in [-0.25, -0.2) is 8.78 Å². The molecular weight excluding hydrogens is 360 g/mol. The summed E-state index contributed by atoms with van der Waals surface area (Å²) < 4.78 is 28.7. The number of hydrogen-bond donors (Lipinski definition) is 1. The second-order valence-corrected chi connectivity index (χ2v) is 5.95. The lowest BCUT2D eigenvalue weighted by atomic mass is 10.0. The zero-order valence-corrected chi connectivity index (χ0v) is 13.9. The molecule has 112 valence electrons. The van der Waals surface area contributed by atoms with Gasteiger partial charge in [0.05, 0.1) is 5.02 Å². The van der Waals surface area contributed by atoms with Crippen LogP contribution in [-0.2, 0) is 6.54 Å². The highest BCUT2D eigenvalue weighted by molar-refractivity contribution is 9.10. The third-order valence-corrected chi connectivity index (χ3v) is 4.37. The summed E-state index contributed by atoms with van der Waals surface area (Å²) in [5.41, 5.74) is 1.29. The first-order chi connectivity index (χ1) is 10.0. The summed E-state index contributed by atoms with van der Waals surface area (Å²) in [6, 6.07) is 7.84. The lowest BCUT2D eigenvalue weighted by Gasteiger charge is -2.10. The fraction of sp³-hybridized carbons (Fsp3) is 0.250. The summed E-state index contributed by atoms with van der Waals surface area (Å²) in [7, 11) is 0. The van der Waals surface area contributed by atoms with Crippen molar-refractivity contribution in [2.24, 2.45) is 0 Å². The topological polar surface area (TPSA) is 12.0 Å². The fourth-order valence-corrected chi connectivity index (χ4v) is 2.50. The molecule has 2 rings (SSSR count). The molecule has 0 saturated heterocycles. The van der Waals surface area contributed by atoms with Crippen LogP contribution in [0.4, 0.5) is 8.78 Å². The van der Waals surface area contributed by atoms with Crippen molar-refractivity contribution in [3.05, 3.63) is 57.0 Å². The standard InChI is InChI=1S/C16H15BrClF2N/c1-2-7-21-9-10-3-6-14(19)12(8-10)11-4-5-13(17)15(18)16(11)20/h3-6,8,21H,2,7,9H2,1H3. The van der Waals surface area contributed by atoms with Crippen molar-refractivity contribution in [1.29, 1.82) is 0 Å². The molecule has 5 heteroatoms. The van der Waals surface area contributed by atoms with Gasteiger partial charge in [0, 0.05) is 22.1 Å². The van der Waals surface area contributed by atoms with Crippen LogP contribution in [0.5, 0.6) is 0 Å². The molecule has 0 aromatic heterocycles. The maximum absolute atomic E-state index is 14.2. The molecule has 0 fully saturated rings. The highest BCUT2D eigenvalue weighted by Gasteiger charge is 2.15. The van der Waals surface area contributed by atoms with E-state index in [1.165, 1.54) is 12.1 Å². The zero-order valence-electron chi connectivity index (χ0n) is 11.5. The summed E-state index contributed by atoms with van der Waals surface area (Å²) in [5, 5.41) is 3.19. The lowest BCUT2D eigenvalue weighted by Crippen LogP contribution is -2.13. The van der Waals surface area contributed by atoms with Crippen molar-refractivity contribution in [3.63, 3.8) is 0 Å². The van der Waals surface area contributed by atoms with Gasteiger partial charge in [-0.3, -0.25) is 0 Å². The lowest BCUT2D eigenvalue weighted by molar-refractivity contribution is 0.614. The summed E-state index contributed by atoms with van der Waals surface area (Å²) in [6.07, 6.45) is 1.02. The molecule has 0 aliphatic rings. The number of rotatable bonds is 5. The van der Waals surface area contributed by atoms with E-state index in [1.54, 1.807) is 18.2 Å². The Morgan fingerprint density at radius 1 is 1.14 bits per heavy atom. The third kappa shape index (κ3) is 3.82. The van der Waals surface area contributed by atoms with E-state index in [0.29, 0.717) is 11.0 Å². The minimum Gasteiger partial charge on any atom is -0.313 e. The molecule has 0 saturated carbocycles. The molecule has 0 spiro atoms. The average molecular weight is 375 g/mol. The molecule has 0 aliphatic carbocycles. The van der Waals surface area contributed by atoms with Gasteiger partial charge in [0.25, 0.3) is 0 Å². The van der Waals surface area contributed by atoms with Gasteiger partial charge in [0.15, 0.2) is 5.82 Å². The molecule has 2 aromatic carbocycles. The van der Waals surface area contributed by atoms with Crippen molar-refractivity contribution in [3.8, 4) is 11.1 Å². The van der Waals surface area contributed by atoms with Gasteiger partial charge in [-0.05, 0) is 52.7 Å². The van der Waals surface area contributed by atoms with Gasteiger partial charge in [-0.15, -0.1) is 0 Å². The summed E-state index contributed by atoms with van der Waals surface area (Å²) in [6.45, 7) is 3.57. The van der Waals surface area contributed by atoms with E-state index in [9.17, 15) is 8.78 Å². The first-order valence-corrected chi connectivity index (χ1v) is 7.84. The minimum absolute atomic E-state index is 0.0404. The van der Waals surface area contributed by atoms with Gasteiger partial charge in [-0.1, -0.05) is 30.7 Å². The number of benzene rings is 2. The largest absolute Gasteiger partial charge is 0.313 e. The Morgan fingerprint density at radius 3 is 2.62 bits per heavy atom. The van der Waals surface area contributed by atoms with Crippen molar-refractivity contribution in [1.82, 2.24) is 5.32 Å². The zero-order chi connectivity index (χ0) is 15.4. The van der Waals surface area contributed by atoms with E-state index < -0.39 is 11.6 Å². The van der Waals surface area contributed by atoms with Crippen molar-refractivity contribution < 1.29 is 8.78 Å². The molecule has 2 aromatic rings. The predicted molar refractivity (Wildman–Crippen MR) is 86.5 cm³/mol. The Bertz CT molecular complexity index is 646. The Morgan fingerprint density at radius 2 is 1.90 bits per heavy atom. The van der Waals surface area contributed by atoms with Crippen LogP contribution in [0.2, 0.25) is 5.02 Å². The van der Waals surface area contributed by atoms with Crippen molar-refractivity contribution in [2.75, 3.05) is 6.54 Å². The molecule has 1 N–H and O–H groups in total. The first-order valence-electron chi connectivity index (χ1n) is 6.67. The Hall–Kier alpha value is -0.970. The van der Waals surface area contributed by atoms with E-state index in [-0.39, 0.29) is 16.1 Å². The van der Waals surface area contributed by atoms with Crippen LogP contribution < -0.4 is 5.32 Å². The second kappa shape index (κ2) is 7.34. The molecular formula is C16H15BrClF2N. The molecule has 0 aliphatic heterocycles. The predicted octanol–water partition coefficient (Wildman–Crippen LogP) is 5.55. The van der Waals surface area contributed by atoms with Gasteiger partial charge in [0.2, 0.25) is 0 Å². The van der Waals surface area contributed by atoms with Gasteiger partial charge in [0.1, 0.15) is 5.82 Å². The average Bonchev–Trinajstić information content (AvgIpc) is 2.47. The van der Waals surface area contributed by atoms with Gasteiger partial charge in [-0.2, -0.15) is 0 Å². The highest BCUT2D eigenvalue weighted by atomic mass is 79.9. The third-order valence-electron chi connectivity index (χ3n) is 3.11. The van der Waals surface area contributed by atoms with Gasteiger partial charge < -0.3 is 5.32 Å². The van der Waals surface area contributed by atoms with Crippen LogP contribution in [0, 0.1) is 11.6 Å². The van der Waals surface area contributed by atoms with Crippen LogP contribution in [-0.4, -0.2) is 6.54 Å². The molecule has 0 radical (unpaired) electrons. The van der Waals surface area contributed by atoms with Crippen molar-refractivity contribution >= 4 is 27.5 Å². The quantitative estimate of drug-likeness (QED) is 0.534. The molecule has 21 heavy (non-hydrogen) atoms. The SMILES string of the molecule is CCCNCc1ccc(F)c(-c2ccc(Br)c(Cl)c2F)c1. The second-order valence-electron chi connectivity index (χ2n) is 4.71. The number of hydrogen-bond acceptors (Lipinski definition) is 1. The van der Waals surface area contributed by atoms with E-state index >= 15 is 0 Å². The monoisotopic (exact) mass is 373 g/mol. The van der Waals surface area contributed by atoms with Crippen LogP contribution in [0.15, 0.2) is 34.8 Å². The molecule has 0 amide bonds. The van der Waals surface area contributed by atoms with E-state index in [4.69, 9.17) is 11.6 Å². The molecule has 1 nitrogen and oxygen atoms in total. The molecule has 0 heterocycles. The normalized spacial score (nSPS) is 10.9. The Balaban J connectivity index is 2.39. The summed E-state index contributed by atoms with van der Waals surface area (Å²) >= 11 is 9.02. The van der Waals surface area contributed by atoms with Crippen LogP contribution >= 0.6 is 27.5 Å². The molecule has 0 bridgehead atoms. The number of halogens is 4. The first kappa shape index (κ1) is 16.4. The highest BCUT2D eigenvalue weighted by Crippen LogP contribution is 2.34. The van der Waals surface area contributed by atoms with Crippen LogP contribution in [0.25, 0.3) is 11.1 Å².